The highest BCUT2D eigenvalue weighted by Crippen LogP contribution is 2.24. The Kier molecular flexibility index (Phi) is 4.74. The maximum atomic E-state index is 10.9. The molecule has 0 amide bonds. The molecule has 0 aromatic heterocycles. The maximum absolute atomic E-state index is 10.9. The zero-order valence-corrected chi connectivity index (χ0v) is 13.8. The highest BCUT2D eigenvalue weighted by Gasteiger charge is 2.13. The van der Waals surface area contributed by atoms with E-state index < -0.39 is 14.0 Å². The van der Waals surface area contributed by atoms with E-state index >= 15 is 0 Å². The van der Waals surface area contributed by atoms with Crippen molar-refractivity contribution in [2.75, 3.05) is 0 Å². The lowest BCUT2D eigenvalue weighted by molar-refractivity contribution is -0.136. The van der Waals surface area contributed by atoms with Crippen molar-refractivity contribution in [2.24, 2.45) is 0 Å². The molecule has 1 N–H and O–H groups in total. The first-order valence-corrected chi connectivity index (χ1v) is 10.2. The van der Waals surface area contributed by atoms with Crippen LogP contribution in [0.3, 0.4) is 0 Å². The molecule has 0 spiro atoms. The van der Waals surface area contributed by atoms with Gasteiger partial charge in [0.05, 0.1) is 14.5 Å². The standard InChI is InChI=1S/C16H24O2Si/c1-11-7-14(13(3)10-19(4,5)6)8-12(2)15(11)9-16(17)18/h7-8,10H,9H2,1-6H3,(H,17,18)/b13-10+. The van der Waals surface area contributed by atoms with Gasteiger partial charge in [0.15, 0.2) is 0 Å². The molecule has 1 rings (SSSR count). The van der Waals surface area contributed by atoms with E-state index in [0.717, 1.165) is 16.7 Å². The first kappa shape index (κ1) is 15.7. The second-order valence-corrected chi connectivity index (χ2v) is 11.4. The molecule has 0 aliphatic heterocycles. The molecular weight excluding hydrogens is 252 g/mol. The minimum atomic E-state index is -1.23. The Morgan fingerprint density at radius 1 is 1.21 bits per heavy atom. The van der Waals surface area contributed by atoms with Crippen LogP contribution in [0, 0.1) is 13.8 Å². The van der Waals surface area contributed by atoms with Crippen molar-refractivity contribution in [1.29, 1.82) is 0 Å². The van der Waals surface area contributed by atoms with Gasteiger partial charge in [0.1, 0.15) is 0 Å². The normalized spacial score (nSPS) is 12.6. The van der Waals surface area contributed by atoms with Gasteiger partial charge >= 0.3 is 5.97 Å². The minimum Gasteiger partial charge on any atom is -0.481 e. The fourth-order valence-electron chi connectivity index (χ4n) is 2.38. The second kappa shape index (κ2) is 5.74. The van der Waals surface area contributed by atoms with Crippen LogP contribution in [0.2, 0.25) is 19.6 Å². The summed E-state index contributed by atoms with van der Waals surface area (Å²) in [5.41, 5.74) is 7.98. The van der Waals surface area contributed by atoms with Gasteiger partial charge in [0.2, 0.25) is 0 Å². The third-order valence-electron chi connectivity index (χ3n) is 3.13. The van der Waals surface area contributed by atoms with Crippen molar-refractivity contribution < 1.29 is 9.90 Å². The third-order valence-corrected chi connectivity index (χ3v) is 4.43. The van der Waals surface area contributed by atoms with Gasteiger partial charge in [0.25, 0.3) is 0 Å². The van der Waals surface area contributed by atoms with E-state index in [2.05, 4.69) is 44.4 Å². The Hall–Kier alpha value is -1.35. The average molecular weight is 276 g/mol. The molecule has 0 aliphatic rings. The summed E-state index contributed by atoms with van der Waals surface area (Å²) in [5, 5.41) is 8.94. The molecule has 3 heteroatoms. The number of hydrogen-bond donors (Lipinski definition) is 1. The first-order chi connectivity index (χ1) is 8.60. The predicted molar refractivity (Wildman–Crippen MR) is 84.3 cm³/mol. The average Bonchev–Trinajstić information content (AvgIpc) is 2.20. The lowest BCUT2D eigenvalue weighted by Gasteiger charge is -2.15. The molecule has 1 aromatic rings. The quantitative estimate of drug-likeness (QED) is 0.836. The second-order valence-electron chi connectivity index (χ2n) is 6.35. The zero-order valence-electron chi connectivity index (χ0n) is 12.8. The number of carboxylic acid groups (broad SMARTS) is 1. The zero-order chi connectivity index (χ0) is 14.8. The molecule has 0 atom stereocenters. The Morgan fingerprint density at radius 3 is 2.05 bits per heavy atom. The van der Waals surface area contributed by atoms with Crippen LogP contribution in [0.4, 0.5) is 0 Å². The van der Waals surface area contributed by atoms with E-state index in [1.54, 1.807) is 0 Å². The lowest BCUT2D eigenvalue weighted by Crippen LogP contribution is -2.16. The Labute approximate surface area is 117 Å². The number of rotatable bonds is 4. The lowest BCUT2D eigenvalue weighted by atomic mass is 9.95. The predicted octanol–water partition coefficient (Wildman–Crippen LogP) is 4.21. The van der Waals surface area contributed by atoms with E-state index in [1.165, 1.54) is 11.1 Å². The van der Waals surface area contributed by atoms with Gasteiger partial charge in [-0.3, -0.25) is 4.79 Å². The van der Waals surface area contributed by atoms with Gasteiger partial charge in [-0.15, -0.1) is 0 Å². The number of carbonyl (C=O) groups is 1. The van der Waals surface area contributed by atoms with Crippen LogP contribution in [0.5, 0.6) is 0 Å². The minimum absolute atomic E-state index is 0.106. The third kappa shape index (κ3) is 4.67. The summed E-state index contributed by atoms with van der Waals surface area (Å²) in [6, 6.07) is 4.22. The smallest absolute Gasteiger partial charge is 0.307 e. The molecule has 0 unspecified atom stereocenters. The molecule has 0 radical (unpaired) electrons. The van der Waals surface area contributed by atoms with E-state index in [4.69, 9.17) is 5.11 Å². The Balaban J connectivity index is 3.21. The fourth-order valence-corrected chi connectivity index (χ4v) is 3.85. The molecule has 0 bridgehead atoms. The summed E-state index contributed by atoms with van der Waals surface area (Å²) in [6.45, 7) is 13.1. The number of carboxylic acids is 1. The summed E-state index contributed by atoms with van der Waals surface area (Å²) in [6.07, 6.45) is 0.106. The number of benzene rings is 1. The Morgan fingerprint density at radius 2 is 1.68 bits per heavy atom. The summed E-state index contributed by atoms with van der Waals surface area (Å²) in [7, 11) is -1.23. The van der Waals surface area contributed by atoms with Gasteiger partial charge in [0, 0.05) is 0 Å². The van der Waals surface area contributed by atoms with E-state index in [9.17, 15) is 4.79 Å². The number of hydrogen-bond acceptors (Lipinski definition) is 1. The molecule has 0 aliphatic carbocycles. The van der Waals surface area contributed by atoms with E-state index in [-0.39, 0.29) is 6.42 Å². The highest BCUT2D eigenvalue weighted by molar-refractivity contribution is 6.81. The molecule has 0 fully saturated rings. The number of aliphatic carboxylic acids is 1. The molecular formula is C16H24O2Si. The molecule has 0 saturated carbocycles. The van der Waals surface area contributed by atoms with E-state index in [0.29, 0.717) is 0 Å². The van der Waals surface area contributed by atoms with Crippen LogP contribution in [-0.2, 0) is 11.2 Å². The molecule has 0 heterocycles. The van der Waals surface area contributed by atoms with Crippen LogP contribution in [0.1, 0.15) is 29.2 Å². The van der Waals surface area contributed by atoms with Crippen LogP contribution < -0.4 is 0 Å². The monoisotopic (exact) mass is 276 g/mol. The Bertz CT molecular complexity index is 499. The van der Waals surface area contributed by atoms with Crippen molar-refractivity contribution in [1.82, 2.24) is 0 Å². The van der Waals surface area contributed by atoms with Crippen molar-refractivity contribution in [3.63, 3.8) is 0 Å². The highest BCUT2D eigenvalue weighted by atomic mass is 28.3. The fraction of sp³-hybridized carbons (Fsp3) is 0.438. The molecule has 19 heavy (non-hydrogen) atoms. The summed E-state index contributed by atoms with van der Waals surface area (Å²) in [5.74, 6) is -0.770. The summed E-state index contributed by atoms with van der Waals surface area (Å²) in [4.78, 5) is 10.9. The maximum Gasteiger partial charge on any atom is 0.307 e. The molecule has 0 saturated heterocycles. The van der Waals surface area contributed by atoms with Crippen molar-refractivity contribution in [2.45, 2.75) is 46.8 Å². The van der Waals surface area contributed by atoms with Crippen molar-refractivity contribution in [3.05, 3.63) is 40.1 Å². The van der Waals surface area contributed by atoms with Crippen LogP contribution in [0.25, 0.3) is 5.57 Å². The molecule has 1 aromatic carbocycles. The van der Waals surface area contributed by atoms with Crippen LogP contribution >= 0.6 is 0 Å². The van der Waals surface area contributed by atoms with Crippen molar-refractivity contribution in [3.8, 4) is 0 Å². The molecule has 104 valence electrons. The summed E-state index contributed by atoms with van der Waals surface area (Å²) >= 11 is 0. The van der Waals surface area contributed by atoms with Crippen molar-refractivity contribution >= 4 is 19.6 Å². The number of aryl methyl sites for hydroxylation is 2. The van der Waals surface area contributed by atoms with Crippen LogP contribution in [-0.4, -0.2) is 19.1 Å². The van der Waals surface area contributed by atoms with E-state index in [1.807, 2.05) is 13.8 Å². The van der Waals surface area contributed by atoms with Gasteiger partial charge in [-0.1, -0.05) is 43.0 Å². The van der Waals surface area contributed by atoms with Gasteiger partial charge < -0.3 is 5.11 Å². The van der Waals surface area contributed by atoms with Crippen LogP contribution in [0.15, 0.2) is 17.8 Å². The van der Waals surface area contributed by atoms with Gasteiger partial charge in [-0.2, -0.15) is 0 Å². The SMILES string of the molecule is C/C(=C\[Si](C)(C)C)c1cc(C)c(CC(=O)O)c(C)c1. The topological polar surface area (TPSA) is 37.3 Å². The summed E-state index contributed by atoms with van der Waals surface area (Å²) < 4.78 is 0. The van der Waals surface area contributed by atoms with Gasteiger partial charge in [-0.05, 0) is 43.0 Å². The largest absolute Gasteiger partial charge is 0.481 e. The molecule has 2 nitrogen and oxygen atoms in total. The first-order valence-electron chi connectivity index (χ1n) is 6.62. The van der Waals surface area contributed by atoms with Gasteiger partial charge in [-0.25, -0.2) is 0 Å². The number of allylic oxidation sites excluding steroid dienone is 1.